The van der Waals surface area contributed by atoms with Gasteiger partial charge in [-0.25, -0.2) is 14.3 Å². The summed E-state index contributed by atoms with van der Waals surface area (Å²) in [6.45, 7) is 0. The Labute approximate surface area is 113 Å². The van der Waals surface area contributed by atoms with E-state index in [9.17, 15) is 9.90 Å². The molecule has 0 spiro atoms. The number of rotatable bonds is 2. The highest BCUT2D eigenvalue weighted by Crippen LogP contribution is 2.30. The average Bonchev–Trinajstić information content (AvgIpc) is 2.78. The number of aromatic carboxylic acids is 1. The van der Waals surface area contributed by atoms with Gasteiger partial charge in [0.15, 0.2) is 5.65 Å². The second-order valence-electron chi connectivity index (χ2n) is 3.90. The summed E-state index contributed by atoms with van der Waals surface area (Å²) in [5.74, 6) is -1.08. The number of carboxylic acids is 1. The van der Waals surface area contributed by atoms with Crippen molar-refractivity contribution in [2.45, 2.75) is 0 Å². The number of fused-ring (bicyclic) bond motifs is 1. The number of carboxylic acid groups (broad SMARTS) is 1. The number of hydrogen-bond acceptors (Lipinski definition) is 3. The van der Waals surface area contributed by atoms with Gasteiger partial charge in [0, 0.05) is 18.0 Å². The lowest BCUT2D eigenvalue weighted by molar-refractivity contribution is 0.0699. The molecule has 0 fully saturated rings. The molecule has 94 valence electrons. The summed E-state index contributed by atoms with van der Waals surface area (Å²) >= 11 is 6.10. The fourth-order valence-electron chi connectivity index (χ4n) is 1.93. The monoisotopic (exact) mass is 273 g/mol. The third kappa shape index (κ3) is 1.84. The van der Waals surface area contributed by atoms with Crippen molar-refractivity contribution < 1.29 is 9.90 Å². The summed E-state index contributed by atoms with van der Waals surface area (Å²) in [7, 11) is 0. The first-order chi connectivity index (χ1) is 9.18. The molecule has 0 saturated heterocycles. The Morgan fingerprint density at radius 1 is 1.26 bits per heavy atom. The van der Waals surface area contributed by atoms with Crippen molar-refractivity contribution >= 4 is 23.2 Å². The molecule has 3 aromatic rings. The van der Waals surface area contributed by atoms with E-state index >= 15 is 0 Å². The second kappa shape index (κ2) is 4.37. The molecule has 2 aromatic heterocycles. The van der Waals surface area contributed by atoms with E-state index in [4.69, 9.17) is 11.6 Å². The fraction of sp³-hybridized carbons (Fsp3) is 0. The van der Waals surface area contributed by atoms with Crippen molar-refractivity contribution in [3.8, 4) is 11.3 Å². The van der Waals surface area contributed by atoms with Gasteiger partial charge in [-0.2, -0.15) is 5.10 Å². The molecule has 0 aliphatic rings. The maximum atomic E-state index is 11.4. The van der Waals surface area contributed by atoms with Crippen molar-refractivity contribution in [3.05, 3.63) is 53.3 Å². The van der Waals surface area contributed by atoms with Crippen LogP contribution in [0.4, 0.5) is 0 Å². The Hall–Kier alpha value is -2.40. The van der Waals surface area contributed by atoms with Crippen molar-refractivity contribution in [2.75, 3.05) is 0 Å². The summed E-state index contributed by atoms with van der Waals surface area (Å²) in [6, 6.07) is 8.67. The van der Waals surface area contributed by atoms with Gasteiger partial charge < -0.3 is 5.11 Å². The topological polar surface area (TPSA) is 67.5 Å². The molecule has 1 N–H and O–H groups in total. The SMILES string of the molecule is O=C(O)c1c(-c2ccccc2Cl)nn2cccnc12. The van der Waals surface area contributed by atoms with Crippen LogP contribution >= 0.6 is 11.6 Å². The van der Waals surface area contributed by atoms with Crippen LogP contribution in [0, 0.1) is 0 Å². The maximum absolute atomic E-state index is 11.4. The van der Waals surface area contributed by atoms with E-state index in [0.29, 0.717) is 21.9 Å². The zero-order valence-electron chi connectivity index (χ0n) is 9.62. The fourth-order valence-corrected chi connectivity index (χ4v) is 2.15. The number of nitrogens with zero attached hydrogens (tertiary/aromatic N) is 3. The van der Waals surface area contributed by atoms with Gasteiger partial charge in [0.25, 0.3) is 0 Å². The third-order valence-corrected chi connectivity index (χ3v) is 3.07. The zero-order valence-corrected chi connectivity index (χ0v) is 10.4. The van der Waals surface area contributed by atoms with Crippen LogP contribution in [0.15, 0.2) is 42.7 Å². The number of hydrogen-bond donors (Lipinski definition) is 1. The minimum absolute atomic E-state index is 0.0497. The van der Waals surface area contributed by atoms with Crippen molar-refractivity contribution in [1.29, 1.82) is 0 Å². The van der Waals surface area contributed by atoms with Crippen LogP contribution in [0.2, 0.25) is 5.02 Å². The van der Waals surface area contributed by atoms with Crippen LogP contribution in [0.5, 0.6) is 0 Å². The molecule has 3 rings (SSSR count). The first-order valence-corrected chi connectivity index (χ1v) is 5.88. The standard InChI is InChI=1S/C13H8ClN3O2/c14-9-5-2-1-4-8(9)11-10(13(18)19)12-15-6-3-7-17(12)16-11/h1-7H,(H,18,19). The number of aromatic nitrogens is 3. The zero-order chi connectivity index (χ0) is 13.4. The van der Waals surface area contributed by atoms with E-state index in [1.807, 2.05) is 0 Å². The lowest BCUT2D eigenvalue weighted by atomic mass is 10.1. The minimum Gasteiger partial charge on any atom is -0.477 e. The molecular formula is C13H8ClN3O2. The molecule has 0 aliphatic heterocycles. The lowest BCUT2D eigenvalue weighted by Crippen LogP contribution is -1.99. The highest BCUT2D eigenvalue weighted by molar-refractivity contribution is 6.33. The van der Waals surface area contributed by atoms with Gasteiger partial charge in [-0.3, -0.25) is 0 Å². The van der Waals surface area contributed by atoms with E-state index < -0.39 is 5.97 Å². The normalized spacial score (nSPS) is 10.8. The number of benzene rings is 1. The predicted molar refractivity (Wildman–Crippen MR) is 70.4 cm³/mol. The van der Waals surface area contributed by atoms with Gasteiger partial charge in [0.1, 0.15) is 11.3 Å². The summed E-state index contributed by atoms with van der Waals surface area (Å²) < 4.78 is 1.43. The molecule has 5 nitrogen and oxygen atoms in total. The van der Waals surface area contributed by atoms with Gasteiger partial charge in [0.05, 0.1) is 5.02 Å². The number of halogens is 1. The molecule has 0 unspecified atom stereocenters. The van der Waals surface area contributed by atoms with Gasteiger partial charge in [-0.15, -0.1) is 0 Å². The molecule has 1 aromatic carbocycles. The van der Waals surface area contributed by atoms with E-state index in [0.717, 1.165) is 0 Å². The van der Waals surface area contributed by atoms with Crippen molar-refractivity contribution in [2.24, 2.45) is 0 Å². The van der Waals surface area contributed by atoms with Crippen LogP contribution in [-0.4, -0.2) is 25.7 Å². The molecule has 0 radical (unpaired) electrons. The first kappa shape index (κ1) is 11.7. The van der Waals surface area contributed by atoms with Gasteiger partial charge in [-0.1, -0.05) is 29.8 Å². The average molecular weight is 274 g/mol. The molecule has 0 atom stereocenters. The quantitative estimate of drug-likeness (QED) is 0.779. The highest BCUT2D eigenvalue weighted by atomic mass is 35.5. The Morgan fingerprint density at radius 2 is 2.05 bits per heavy atom. The lowest BCUT2D eigenvalue weighted by Gasteiger charge is -2.00. The molecule has 0 aliphatic carbocycles. The molecule has 0 saturated carbocycles. The Balaban J connectivity index is 2.38. The van der Waals surface area contributed by atoms with Crippen LogP contribution < -0.4 is 0 Å². The van der Waals surface area contributed by atoms with E-state index in [1.165, 1.54) is 10.7 Å². The summed E-state index contributed by atoms with van der Waals surface area (Å²) in [4.78, 5) is 15.5. The van der Waals surface area contributed by atoms with Gasteiger partial charge in [0.2, 0.25) is 0 Å². The Morgan fingerprint density at radius 3 is 2.79 bits per heavy atom. The molecule has 2 heterocycles. The molecule has 0 amide bonds. The number of carbonyl (C=O) groups is 1. The maximum Gasteiger partial charge on any atom is 0.341 e. The van der Waals surface area contributed by atoms with Gasteiger partial charge in [-0.05, 0) is 12.1 Å². The van der Waals surface area contributed by atoms with Gasteiger partial charge >= 0.3 is 5.97 Å². The molecule has 19 heavy (non-hydrogen) atoms. The van der Waals surface area contributed by atoms with Crippen LogP contribution in [0.1, 0.15) is 10.4 Å². The van der Waals surface area contributed by atoms with E-state index in [1.54, 1.807) is 36.5 Å². The molecule has 0 bridgehead atoms. The van der Waals surface area contributed by atoms with Crippen molar-refractivity contribution in [3.63, 3.8) is 0 Å². The minimum atomic E-state index is -1.08. The molecular weight excluding hydrogens is 266 g/mol. The summed E-state index contributed by atoms with van der Waals surface area (Å²) in [5.41, 5.74) is 1.24. The molecule has 6 heteroatoms. The third-order valence-electron chi connectivity index (χ3n) is 2.74. The van der Waals surface area contributed by atoms with Crippen LogP contribution in [-0.2, 0) is 0 Å². The second-order valence-corrected chi connectivity index (χ2v) is 4.30. The summed E-state index contributed by atoms with van der Waals surface area (Å²) in [5, 5.41) is 14.1. The van der Waals surface area contributed by atoms with E-state index in [-0.39, 0.29) is 5.56 Å². The first-order valence-electron chi connectivity index (χ1n) is 5.50. The highest BCUT2D eigenvalue weighted by Gasteiger charge is 2.22. The summed E-state index contributed by atoms with van der Waals surface area (Å²) in [6.07, 6.45) is 3.18. The largest absolute Gasteiger partial charge is 0.477 e. The Bertz CT molecular complexity index is 782. The van der Waals surface area contributed by atoms with E-state index in [2.05, 4.69) is 10.1 Å². The van der Waals surface area contributed by atoms with Crippen LogP contribution in [0.25, 0.3) is 16.9 Å². The smallest absolute Gasteiger partial charge is 0.341 e. The Kier molecular flexibility index (Phi) is 2.68. The van der Waals surface area contributed by atoms with Crippen molar-refractivity contribution in [1.82, 2.24) is 14.6 Å². The predicted octanol–water partition coefficient (Wildman–Crippen LogP) is 2.75. The van der Waals surface area contributed by atoms with Crippen LogP contribution in [0.3, 0.4) is 0 Å².